The van der Waals surface area contributed by atoms with Crippen LogP contribution in [-0.2, 0) is 19.1 Å². The number of carbonyl (C=O) groups is 2. The van der Waals surface area contributed by atoms with Crippen molar-refractivity contribution >= 4 is 11.9 Å². The first-order chi connectivity index (χ1) is 18.3. The summed E-state index contributed by atoms with van der Waals surface area (Å²) in [4.78, 5) is 25.4. The molecular weight excluding hydrogens is 472 g/mol. The normalized spacial score (nSPS) is 42.2. The molecule has 0 aliphatic heterocycles. The van der Waals surface area contributed by atoms with E-state index in [1.165, 1.54) is 30.9 Å². The minimum Gasteiger partial charge on any atom is -0.462 e. The Labute approximate surface area is 228 Å². The van der Waals surface area contributed by atoms with Crippen LogP contribution in [0.15, 0.2) is 42.0 Å². The molecule has 0 N–H and O–H groups in total. The van der Waals surface area contributed by atoms with E-state index in [0.717, 1.165) is 64.2 Å². The molecule has 0 unspecified atom stereocenters. The molecule has 0 radical (unpaired) electrons. The number of hydrogen-bond donors (Lipinski definition) is 0. The highest BCUT2D eigenvalue weighted by molar-refractivity contribution is 5.74. The molecule has 206 valence electrons. The Balaban J connectivity index is 1.17. The van der Waals surface area contributed by atoms with Crippen molar-refractivity contribution in [3.63, 3.8) is 0 Å². The van der Waals surface area contributed by atoms with Gasteiger partial charge in [-0.15, -0.1) is 0 Å². The van der Waals surface area contributed by atoms with Crippen molar-refractivity contribution in [2.24, 2.45) is 34.5 Å². The maximum absolute atomic E-state index is 13.9. The average molecular weight is 519 g/mol. The second kappa shape index (κ2) is 10.1. The van der Waals surface area contributed by atoms with Crippen LogP contribution in [0.1, 0.15) is 109 Å². The summed E-state index contributed by atoms with van der Waals surface area (Å²) in [5, 5.41) is 0. The van der Waals surface area contributed by atoms with Gasteiger partial charge < -0.3 is 9.47 Å². The molecular formula is C34H46O4. The molecule has 9 atom stereocenters. The fraction of sp³-hybridized carbons (Fsp3) is 0.706. The van der Waals surface area contributed by atoms with Crippen molar-refractivity contribution in [3.05, 3.63) is 47.5 Å². The number of fused-ring (bicyclic) bond motifs is 5. The van der Waals surface area contributed by atoms with Gasteiger partial charge >= 0.3 is 11.9 Å². The molecule has 4 saturated carbocycles. The van der Waals surface area contributed by atoms with Gasteiger partial charge in [-0.2, -0.15) is 0 Å². The van der Waals surface area contributed by atoms with E-state index in [9.17, 15) is 9.59 Å². The van der Waals surface area contributed by atoms with E-state index in [1.807, 2.05) is 0 Å². The van der Waals surface area contributed by atoms with Crippen molar-refractivity contribution in [2.75, 3.05) is 0 Å². The molecule has 4 fully saturated rings. The van der Waals surface area contributed by atoms with Crippen LogP contribution in [-0.4, -0.2) is 24.1 Å². The fourth-order valence-corrected chi connectivity index (χ4v) is 9.90. The Morgan fingerprint density at radius 1 is 0.868 bits per heavy atom. The van der Waals surface area contributed by atoms with E-state index in [4.69, 9.17) is 9.47 Å². The number of carbonyl (C=O) groups excluding carboxylic acids is 2. The summed E-state index contributed by atoms with van der Waals surface area (Å²) in [7, 11) is 0. The first kappa shape index (κ1) is 26.1. The zero-order valence-corrected chi connectivity index (χ0v) is 23.6. The first-order valence-corrected chi connectivity index (χ1v) is 15.4. The summed E-state index contributed by atoms with van der Waals surface area (Å²) in [5.41, 5.74) is 3.11. The predicted molar refractivity (Wildman–Crippen MR) is 148 cm³/mol. The number of allylic oxidation sites excluding steroid dienone is 1. The van der Waals surface area contributed by atoms with Crippen LogP contribution in [0.3, 0.4) is 0 Å². The summed E-state index contributed by atoms with van der Waals surface area (Å²) >= 11 is 0. The Kier molecular flexibility index (Phi) is 6.97. The highest BCUT2D eigenvalue weighted by atomic mass is 16.5. The fourth-order valence-electron chi connectivity index (χ4n) is 9.90. The zero-order chi connectivity index (χ0) is 26.5. The molecule has 0 aromatic heterocycles. The number of rotatable bonds is 4. The molecule has 0 bridgehead atoms. The van der Waals surface area contributed by atoms with Crippen molar-refractivity contribution in [1.29, 1.82) is 0 Å². The maximum Gasteiger partial charge on any atom is 0.309 e. The molecule has 4 heteroatoms. The van der Waals surface area contributed by atoms with Crippen LogP contribution < -0.4 is 0 Å². The van der Waals surface area contributed by atoms with Crippen LogP contribution in [0.2, 0.25) is 0 Å². The largest absolute Gasteiger partial charge is 0.462 e. The summed E-state index contributed by atoms with van der Waals surface area (Å²) < 4.78 is 12.1. The van der Waals surface area contributed by atoms with Crippen LogP contribution in [0.5, 0.6) is 0 Å². The lowest BCUT2D eigenvalue weighted by atomic mass is 9.47. The van der Waals surface area contributed by atoms with Crippen molar-refractivity contribution in [3.8, 4) is 0 Å². The number of esters is 2. The first-order valence-electron chi connectivity index (χ1n) is 15.4. The molecule has 0 heterocycles. The van der Waals surface area contributed by atoms with Crippen molar-refractivity contribution in [2.45, 2.75) is 116 Å². The van der Waals surface area contributed by atoms with Crippen molar-refractivity contribution in [1.82, 2.24) is 0 Å². The Morgan fingerprint density at radius 2 is 1.66 bits per heavy atom. The third-order valence-electron chi connectivity index (χ3n) is 11.9. The van der Waals surface area contributed by atoms with Gasteiger partial charge in [-0.05, 0) is 98.4 Å². The van der Waals surface area contributed by atoms with Gasteiger partial charge in [-0.3, -0.25) is 9.59 Å². The minimum atomic E-state index is -0.159. The monoisotopic (exact) mass is 518 g/mol. The van der Waals surface area contributed by atoms with Crippen LogP contribution in [0, 0.1) is 34.5 Å². The standard InChI is InChI=1S/C34H46O4/c1-22(35)37-25-17-19-33(2)24(21-25)13-14-27-28-15-16-30(34(28,3)20-18-29(27)33)32(36)38-31-12-8-7-11-26(31)23-9-5-4-6-10-23/h4-6,9-10,13,25-31H,7-8,11-12,14-21H2,1-3H3/t25-,26+,27-,28-,29-,30+,31-,33-,34-/m0/s1. The highest BCUT2D eigenvalue weighted by Gasteiger charge is 2.60. The average Bonchev–Trinajstić information content (AvgIpc) is 3.27. The van der Waals surface area contributed by atoms with Gasteiger partial charge in [0.05, 0.1) is 5.92 Å². The van der Waals surface area contributed by atoms with Crippen LogP contribution in [0.4, 0.5) is 0 Å². The molecule has 0 spiro atoms. The summed E-state index contributed by atoms with van der Waals surface area (Å²) in [6.07, 6.45) is 15.6. The molecule has 0 saturated heterocycles. The second-order valence-corrected chi connectivity index (χ2v) is 13.7. The SMILES string of the molecule is CC(=O)O[C@H]1CC[C@@]2(C)C(=CC[C@H]3[C@@H]4CC[C@H](C(=O)O[C@H]5CCCC[C@@H]5c5ccccc5)[C@@]4(C)CC[C@@H]32)C1. The lowest BCUT2D eigenvalue weighted by Gasteiger charge is -2.58. The Morgan fingerprint density at radius 3 is 2.45 bits per heavy atom. The molecule has 5 aliphatic carbocycles. The van der Waals surface area contributed by atoms with Crippen LogP contribution in [0.25, 0.3) is 0 Å². The molecule has 4 nitrogen and oxygen atoms in total. The van der Waals surface area contributed by atoms with E-state index in [0.29, 0.717) is 23.7 Å². The summed E-state index contributed by atoms with van der Waals surface area (Å²) in [6.45, 7) is 6.43. The van der Waals surface area contributed by atoms with Crippen molar-refractivity contribution < 1.29 is 19.1 Å². The maximum atomic E-state index is 13.9. The molecule has 0 amide bonds. The van der Waals surface area contributed by atoms with Gasteiger partial charge in [0.1, 0.15) is 12.2 Å². The lowest BCUT2D eigenvalue weighted by molar-refractivity contribution is -0.164. The van der Waals surface area contributed by atoms with Gasteiger partial charge in [-0.25, -0.2) is 0 Å². The molecule has 1 aromatic rings. The van der Waals surface area contributed by atoms with Gasteiger partial charge in [0.15, 0.2) is 0 Å². The van der Waals surface area contributed by atoms with Gasteiger partial charge in [0.25, 0.3) is 0 Å². The van der Waals surface area contributed by atoms with E-state index in [-0.39, 0.29) is 40.9 Å². The second-order valence-electron chi connectivity index (χ2n) is 13.7. The Hall–Kier alpha value is -2.10. The number of hydrogen-bond acceptors (Lipinski definition) is 4. The highest BCUT2D eigenvalue weighted by Crippen LogP contribution is 2.66. The lowest BCUT2D eigenvalue weighted by Crippen LogP contribution is -2.51. The topological polar surface area (TPSA) is 52.6 Å². The minimum absolute atomic E-state index is 0.0177. The smallest absolute Gasteiger partial charge is 0.309 e. The molecule has 6 rings (SSSR count). The number of ether oxygens (including phenoxy) is 2. The summed E-state index contributed by atoms with van der Waals surface area (Å²) in [6, 6.07) is 10.7. The Bertz CT molecular complexity index is 1080. The quantitative estimate of drug-likeness (QED) is 0.302. The van der Waals surface area contributed by atoms with Gasteiger partial charge in [0, 0.05) is 19.3 Å². The van der Waals surface area contributed by atoms with Gasteiger partial charge in [0.2, 0.25) is 0 Å². The van der Waals surface area contributed by atoms with E-state index in [1.54, 1.807) is 0 Å². The van der Waals surface area contributed by atoms with E-state index < -0.39 is 0 Å². The van der Waals surface area contributed by atoms with Crippen LogP contribution >= 0.6 is 0 Å². The van der Waals surface area contributed by atoms with Gasteiger partial charge in [-0.1, -0.05) is 62.2 Å². The molecule has 1 aromatic carbocycles. The third kappa shape index (κ3) is 4.44. The number of benzene rings is 1. The summed E-state index contributed by atoms with van der Waals surface area (Å²) in [5.74, 6) is 2.21. The van der Waals surface area contributed by atoms with E-state index >= 15 is 0 Å². The predicted octanol–water partition coefficient (Wildman–Crippen LogP) is 7.77. The molecule has 5 aliphatic rings. The molecule has 38 heavy (non-hydrogen) atoms. The zero-order valence-electron chi connectivity index (χ0n) is 23.6. The third-order valence-corrected chi connectivity index (χ3v) is 11.9. The van der Waals surface area contributed by atoms with E-state index in [2.05, 4.69) is 50.3 Å².